The lowest BCUT2D eigenvalue weighted by atomic mass is 10.1. The van der Waals surface area contributed by atoms with Crippen molar-refractivity contribution in [2.45, 2.75) is 38.2 Å². The summed E-state index contributed by atoms with van der Waals surface area (Å²) < 4.78 is 5.42. The summed E-state index contributed by atoms with van der Waals surface area (Å²) in [6, 6.07) is 5.21. The van der Waals surface area contributed by atoms with Gasteiger partial charge in [-0.15, -0.1) is 0 Å². The van der Waals surface area contributed by atoms with E-state index in [4.69, 9.17) is 32.8 Å². The average Bonchev–Trinajstić information content (AvgIpc) is 2.99. The molecule has 0 spiro atoms. The van der Waals surface area contributed by atoms with E-state index in [0.717, 1.165) is 31.2 Å². The number of hydrogen-bond donors (Lipinski definition) is 1. The Balaban J connectivity index is 2.02. The molecule has 0 aromatic heterocycles. The molecule has 2 rings (SSSR count). The van der Waals surface area contributed by atoms with Crippen LogP contribution in [0, 0.1) is 0 Å². The van der Waals surface area contributed by atoms with Crippen LogP contribution in [0.5, 0.6) is 0 Å². The number of hydroxylamine groups is 1. The third kappa shape index (κ3) is 4.90. The van der Waals surface area contributed by atoms with E-state index in [1.807, 2.05) is 0 Å². The Morgan fingerprint density at radius 3 is 2.68 bits per heavy atom. The van der Waals surface area contributed by atoms with Crippen LogP contribution in [0.3, 0.4) is 0 Å². The molecule has 1 aromatic carbocycles. The predicted molar refractivity (Wildman–Crippen MR) is 87.5 cm³/mol. The SMILES string of the molecule is CONC(=CCC(=O)OC1CCCC1)c1ccc(Cl)c(Cl)c1. The van der Waals surface area contributed by atoms with Gasteiger partial charge in [0.1, 0.15) is 6.10 Å². The number of carbonyl (C=O) groups excluding carboxylic acids is 1. The Labute approximate surface area is 140 Å². The van der Waals surface area contributed by atoms with Crippen molar-refractivity contribution < 1.29 is 14.4 Å². The molecule has 0 saturated heterocycles. The van der Waals surface area contributed by atoms with Crippen LogP contribution >= 0.6 is 23.2 Å². The summed E-state index contributed by atoms with van der Waals surface area (Å²) in [6.45, 7) is 0. The van der Waals surface area contributed by atoms with Gasteiger partial charge < -0.3 is 4.74 Å². The van der Waals surface area contributed by atoms with E-state index in [-0.39, 0.29) is 18.5 Å². The van der Waals surface area contributed by atoms with Gasteiger partial charge in [-0.3, -0.25) is 15.1 Å². The fourth-order valence-corrected chi connectivity index (χ4v) is 2.72. The van der Waals surface area contributed by atoms with Gasteiger partial charge >= 0.3 is 5.97 Å². The van der Waals surface area contributed by atoms with Crippen molar-refractivity contribution in [2.75, 3.05) is 7.11 Å². The second-order valence-corrected chi connectivity index (χ2v) is 5.97. The highest BCUT2D eigenvalue weighted by Crippen LogP contribution is 2.26. The van der Waals surface area contributed by atoms with Crippen LogP contribution in [-0.4, -0.2) is 19.2 Å². The van der Waals surface area contributed by atoms with E-state index < -0.39 is 0 Å². The van der Waals surface area contributed by atoms with Gasteiger partial charge in [-0.05, 0) is 43.9 Å². The van der Waals surface area contributed by atoms with E-state index in [0.29, 0.717) is 15.7 Å². The maximum absolute atomic E-state index is 11.9. The lowest BCUT2D eigenvalue weighted by Gasteiger charge is -2.12. The Morgan fingerprint density at radius 1 is 1.32 bits per heavy atom. The number of hydrogen-bond acceptors (Lipinski definition) is 4. The second kappa shape index (κ2) is 8.42. The second-order valence-electron chi connectivity index (χ2n) is 5.15. The number of carbonyl (C=O) groups is 1. The molecule has 1 fully saturated rings. The van der Waals surface area contributed by atoms with Gasteiger partial charge in [-0.1, -0.05) is 29.3 Å². The highest BCUT2D eigenvalue weighted by molar-refractivity contribution is 6.42. The smallest absolute Gasteiger partial charge is 0.309 e. The summed E-state index contributed by atoms with van der Waals surface area (Å²) in [4.78, 5) is 16.8. The Hall–Kier alpha value is -1.23. The summed E-state index contributed by atoms with van der Waals surface area (Å²) in [5.41, 5.74) is 4.17. The monoisotopic (exact) mass is 343 g/mol. The normalized spacial score (nSPS) is 15.9. The zero-order valence-corrected chi connectivity index (χ0v) is 13.9. The first-order chi connectivity index (χ1) is 10.6. The highest BCUT2D eigenvalue weighted by Gasteiger charge is 2.18. The van der Waals surface area contributed by atoms with Crippen molar-refractivity contribution in [1.82, 2.24) is 5.48 Å². The van der Waals surface area contributed by atoms with Gasteiger partial charge in [0.2, 0.25) is 0 Å². The average molecular weight is 344 g/mol. The summed E-state index contributed by atoms with van der Waals surface area (Å²) in [5, 5.41) is 0.916. The molecule has 1 aliphatic carbocycles. The predicted octanol–water partition coefficient (Wildman–Crippen LogP) is 4.36. The van der Waals surface area contributed by atoms with Crippen molar-refractivity contribution in [3.63, 3.8) is 0 Å². The lowest BCUT2D eigenvalue weighted by Crippen LogP contribution is -2.15. The van der Waals surface area contributed by atoms with Crippen molar-refractivity contribution in [3.05, 3.63) is 39.9 Å². The van der Waals surface area contributed by atoms with Crippen molar-refractivity contribution in [1.29, 1.82) is 0 Å². The Bertz CT molecular complexity index is 554. The number of ether oxygens (including phenoxy) is 1. The zero-order valence-electron chi connectivity index (χ0n) is 12.4. The maximum Gasteiger partial charge on any atom is 0.309 e. The van der Waals surface area contributed by atoms with E-state index in [1.165, 1.54) is 7.11 Å². The van der Waals surface area contributed by atoms with Gasteiger partial charge in [0.25, 0.3) is 0 Å². The number of nitrogens with one attached hydrogen (secondary N) is 1. The van der Waals surface area contributed by atoms with Crippen LogP contribution in [0.1, 0.15) is 37.7 Å². The Kier molecular flexibility index (Phi) is 6.55. The minimum absolute atomic E-state index is 0.0738. The summed E-state index contributed by atoms with van der Waals surface area (Å²) in [5.74, 6) is -0.234. The molecular formula is C16H19Cl2NO3. The molecule has 0 aliphatic heterocycles. The molecule has 1 N–H and O–H groups in total. The zero-order chi connectivity index (χ0) is 15.9. The molecule has 4 nitrogen and oxygen atoms in total. The topological polar surface area (TPSA) is 47.6 Å². The van der Waals surface area contributed by atoms with Crippen LogP contribution in [0.4, 0.5) is 0 Å². The summed E-state index contributed by atoms with van der Waals surface area (Å²) >= 11 is 11.9. The van der Waals surface area contributed by atoms with Crippen LogP contribution < -0.4 is 5.48 Å². The van der Waals surface area contributed by atoms with Crippen LogP contribution in [0.25, 0.3) is 5.70 Å². The van der Waals surface area contributed by atoms with Gasteiger partial charge in [-0.2, -0.15) is 0 Å². The number of rotatable bonds is 6. The van der Waals surface area contributed by atoms with Crippen LogP contribution in [-0.2, 0) is 14.4 Å². The summed E-state index contributed by atoms with van der Waals surface area (Å²) in [6.07, 6.45) is 6.16. The molecule has 1 aromatic rings. The van der Waals surface area contributed by atoms with Crippen LogP contribution in [0.15, 0.2) is 24.3 Å². The fourth-order valence-electron chi connectivity index (χ4n) is 2.42. The largest absolute Gasteiger partial charge is 0.462 e. The standard InChI is InChI=1S/C16H19Cl2NO3/c1-21-19-15(11-6-7-13(17)14(18)10-11)8-9-16(20)22-12-4-2-3-5-12/h6-8,10,12,19H,2-5,9H2,1H3. The van der Waals surface area contributed by atoms with E-state index in [9.17, 15) is 4.79 Å². The maximum atomic E-state index is 11.9. The fraction of sp³-hybridized carbons (Fsp3) is 0.438. The van der Waals surface area contributed by atoms with E-state index in [2.05, 4.69) is 5.48 Å². The first kappa shape index (κ1) is 17.1. The number of esters is 1. The number of halogens is 2. The quantitative estimate of drug-likeness (QED) is 0.615. The Morgan fingerprint density at radius 2 is 2.05 bits per heavy atom. The van der Waals surface area contributed by atoms with E-state index in [1.54, 1.807) is 24.3 Å². The van der Waals surface area contributed by atoms with E-state index >= 15 is 0 Å². The molecular weight excluding hydrogens is 325 g/mol. The first-order valence-corrected chi connectivity index (χ1v) is 8.00. The molecule has 0 atom stereocenters. The first-order valence-electron chi connectivity index (χ1n) is 7.24. The number of benzene rings is 1. The molecule has 1 saturated carbocycles. The highest BCUT2D eigenvalue weighted by atomic mass is 35.5. The molecule has 0 amide bonds. The molecule has 120 valence electrons. The van der Waals surface area contributed by atoms with Gasteiger partial charge in [0, 0.05) is 5.56 Å². The summed E-state index contributed by atoms with van der Waals surface area (Å²) in [7, 11) is 1.50. The molecule has 1 aliphatic rings. The molecule has 0 unspecified atom stereocenters. The molecule has 0 radical (unpaired) electrons. The van der Waals surface area contributed by atoms with Crippen molar-refractivity contribution in [3.8, 4) is 0 Å². The van der Waals surface area contributed by atoms with Gasteiger partial charge in [0.15, 0.2) is 0 Å². The van der Waals surface area contributed by atoms with Crippen molar-refractivity contribution in [2.24, 2.45) is 0 Å². The third-order valence-corrected chi connectivity index (χ3v) is 4.25. The lowest BCUT2D eigenvalue weighted by molar-refractivity contribution is -0.147. The minimum atomic E-state index is -0.234. The van der Waals surface area contributed by atoms with Gasteiger partial charge in [-0.25, -0.2) is 0 Å². The molecule has 6 heteroatoms. The van der Waals surface area contributed by atoms with Crippen molar-refractivity contribution >= 4 is 34.9 Å². The molecule has 22 heavy (non-hydrogen) atoms. The van der Waals surface area contributed by atoms with Gasteiger partial charge in [0.05, 0.1) is 29.3 Å². The molecule has 0 bridgehead atoms. The van der Waals surface area contributed by atoms with Crippen LogP contribution in [0.2, 0.25) is 10.0 Å². The third-order valence-electron chi connectivity index (χ3n) is 3.52. The molecule has 0 heterocycles. The minimum Gasteiger partial charge on any atom is -0.462 e.